The molecule has 0 amide bonds. The van der Waals surface area contributed by atoms with Crippen LogP contribution in [-0.2, 0) is 0 Å². The van der Waals surface area contributed by atoms with E-state index in [4.69, 9.17) is 0 Å². The van der Waals surface area contributed by atoms with Gasteiger partial charge in [0.1, 0.15) is 11.8 Å². The van der Waals surface area contributed by atoms with Gasteiger partial charge in [-0.05, 0) is 19.1 Å². The highest BCUT2D eigenvalue weighted by atomic mass is 15.0. The Morgan fingerprint density at radius 2 is 2.06 bits per heavy atom. The Morgan fingerprint density at radius 1 is 1.12 bits per heavy atom. The standard InChI is InChI=1S/C6H7N.C5H4N4/c1-6-4-2-3-5-7-6;1-4-5(8-2-6-1)9-3-7-4/h2-5H,1H3;1-3H,(H,6,7,8,9). The maximum absolute atomic E-state index is 3.98. The van der Waals surface area contributed by atoms with Crippen molar-refractivity contribution in [1.29, 1.82) is 0 Å². The lowest BCUT2D eigenvalue weighted by Crippen LogP contribution is -1.76. The first-order valence-electron chi connectivity index (χ1n) is 4.83. The maximum atomic E-state index is 3.98. The van der Waals surface area contributed by atoms with Crippen molar-refractivity contribution in [1.82, 2.24) is 24.9 Å². The summed E-state index contributed by atoms with van der Waals surface area (Å²) in [4.78, 5) is 18.5. The van der Waals surface area contributed by atoms with E-state index in [2.05, 4.69) is 24.9 Å². The number of H-pyrrole nitrogens is 1. The van der Waals surface area contributed by atoms with Gasteiger partial charge in [0.15, 0.2) is 5.65 Å². The Labute approximate surface area is 92.6 Å². The number of fused-ring (bicyclic) bond motifs is 1. The molecular weight excluding hydrogens is 202 g/mol. The Hall–Kier alpha value is -2.30. The zero-order valence-corrected chi connectivity index (χ0v) is 8.83. The molecule has 0 aliphatic carbocycles. The number of hydrogen-bond acceptors (Lipinski definition) is 4. The molecule has 3 aromatic heterocycles. The van der Waals surface area contributed by atoms with Gasteiger partial charge in [-0.3, -0.25) is 4.98 Å². The normalized spacial score (nSPS) is 9.56. The second-order valence-corrected chi connectivity index (χ2v) is 3.13. The van der Waals surface area contributed by atoms with E-state index in [0.29, 0.717) is 5.65 Å². The van der Waals surface area contributed by atoms with Gasteiger partial charge >= 0.3 is 0 Å². The minimum atomic E-state index is 0.713. The van der Waals surface area contributed by atoms with E-state index in [1.807, 2.05) is 25.1 Å². The summed E-state index contributed by atoms with van der Waals surface area (Å²) < 4.78 is 0. The van der Waals surface area contributed by atoms with Gasteiger partial charge in [-0.1, -0.05) is 6.07 Å². The van der Waals surface area contributed by atoms with Gasteiger partial charge in [0.05, 0.1) is 12.5 Å². The SMILES string of the molecule is Cc1ccccn1.c1ncc2[nH]cnc2n1. The second kappa shape index (κ2) is 4.97. The molecule has 3 rings (SSSR count). The molecule has 0 saturated carbocycles. The van der Waals surface area contributed by atoms with Crippen LogP contribution in [0.15, 0.2) is 43.2 Å². The highest BCUT2D eigenvalue weighted by Gasteiger charge is 1.91. The third-order valence-electron chi connectivity index (χ3n) is 1.91. The molecule has 16 heavy (non-hydrogen) atoms. The smallest absolute Gasteiger partial charge is 0.180 e. The minimum absolute atomic E-state index is 0.713. The number of hydrogen-bond donors (Lipinski definition) is 1. The molecule has 5 heteroatoms. The largest absolute Gasteiger partial charge is 0.342 e. The van der Waals surface area contributed by atoms with Crippen LogP contribution in [-0.4, -0.2) is 24.9 Å². The van der Waals surface area contributed by atoms with E-state index >= 15 is 0 Å². The topological polar surface area (TPSA) is 67.3 Å². The first kappa shape index (κ1) is 10.2. The van der Waals surface area contributed by atoms with Crippen LogP contribution in [0, 0.1) is 6.92 Å². The van der Waals surface area contributed by atoms with E-state index in [-0.39, 0.29) is 0 Å². The molecule has 3 heterocycles. The van der Waals surface area contributed by atoms with Crippen molar-refractivity contribution in [3.8, 4) is 0 Å². The lowest BCUT2D eigenvalue weighted by Gasteiger charge is -1.82. The monoisotopic (exact) mass is 213 g/mol. The van der Waals surface area contributed by atoms with Crippen LogP contribution in [0.3, 0.4) is 0 Å². The number of pyridine rings is 1. The molecule has 0 aromatic carbocycles. The molecule has 0 unspecified atom stereocenters. The number of nitrogens with zero attached hydrogens (tertiary/aromatic N) is 4. The fourth-order valence-electron chi connectivity index (χ4n) is 1.14. The molecule has 5 nitrogen and oxygen atoms in total. The zero-order valence-electron chi connectivity index (χ0n) is 8.83. The van der Waals surface area contributed by atoms with Crippen molar-refractivity contribution < 1.29 is 0 Å². The van der Waals surface area contributed by atoms with Crippen LogP contribution in [0.1, 0.15) is 5.69 Å². The average Bonchev–Trinajstić information content (AvgIpc) is 2.79. The van der Waals surface area contributed by atoms with Crippen molar-refractivity contribution in [3.05, 3.63) is 48.9 Å². The fraction of sp³-hybridized carbons (Fsp3) is 0.0909. The molecule has 3 aromatic rings. The Kier molecular flexibility index (Phi) is 3.18. The highest BCUT2D eigenvalue weighted by Crippen LogP contribution is 1.99. The second-order valence-electron chi connectivity index (χ2n) is 3.13. The van der Waals surface area contributed by atoms with Crippen molar-refractivity contribution in [3.63, 3.8) is 0 Å². The fourth-order valence-corrected chi connectivity index (χ4v) is 1.14. The van der Waals surface area contributed by atoms with Crippen LogP contribution in [0.25, 0.3) is 11.2 Å². The summed E-state index contributed by atoms with van der Waals surface area (Å²) >= 11 is 0. The quantitative estimate of drug-likeness (QED) is 0.617. The summed E-state index contributed by atoms with van der Waals surface area (Å²) in [5.74, 6) is 0. The highest BCUT2D eigenvalue weighted by molar-refractivity contribution is 5.67. The maximum Gasteiger partial charge on any atom is 0.180 e. The average molecular weight is 213 g/mol. The van der Waals surface area contributed by atoms with Crippen LogP contribution < -0.4 is 0 Å². The Morgan fingerprint density at radius 3 is 2.69 bits per heavy atom. The van der Waals surface area contributed by atoms with E-state index < -0.39 is 0 Å². The zero-order chi connectivity index (χ0) is 11.2. The van der Waals surface area contributed by atoms with Crippen molar-refractivity contribution in [2.45, 2.75) is 6.92 Å². The third-order valence-corrected chi connectivity index (χ3v) is 1.91. The Bertz CT molecular complexity index is 516. The number of nitrogens with one attached hydrogen (secondary N) is 1. The molecule has 0 saturated heterocycles. The molecule has 0 radical (unpaired) electrons. The summed E-state index contributed by atoms with van der Waals surface area (Å²) in [6, 6.07) is 5.86. The van der Waals surface area contributed by atoms with Gasteiger partial charge in [-0.2, -0.15) is 0 Å². The number of imidazole rings is 1. The van der Waals surface area contributed by atoms with Gasteiger partial charge in [0.2, 0.25) is 0 Å². The van der Waals surface area contributed by atoms with Crippen molar-refractivity contribution >= 4 is 11.2 Å². The van der Waals surface area contributed by atoms with Gasteiger partial charge < -0.3 is 4.98 Å². The van der Waals surface area contributed by atoms with Crippen LogP contribution in [0.5, 0.6) is 0 Å². The predicted molar refractivity (Wildman–Crippen MR) is 60.7 cm³/mol. The summed E-state index contributed by atoms with van der Waals surface area (Å²) in [7, 11) is 0. The molecule has 1 N–H and O–H groups in total. The van der Waals surface area contributed by atoms with E-state index in [0.717, 1.165) is 11.2 Å². The summed E-state index contributed by atoms with van der Waals surface area (Å²) in [5.41, 5.74) is 2.66. The van der Waals surface area contributed by atoms with Crippen molar-refractivity contribution in [2.24, 2.45) is 0 Å². The van der Waals surface area contributed by atoms with Crippen LogP contribution >= 0.6 is 0 Å². The number of aromatic nitrogens is 5. The van der Waals surface area contributed by atoms with Gasteiger partial charge in [0.25, 0.3) is 0 Å². The molecule has 80 valence electrons. The van der Waals surface area contributed by atoms with Crippen molar-refractivity contribution in [2.75, 3.05) is 0 Å². The molecule has 0 aliphatic rings. The molecule has 0 fully saturated rings. The number of aryl methyl sites for hydroxylation is 1. The number of aromatic amines is 1. The van der Waals surface area contributed by atoms with Crippen LogP contribution in [0.2, 0.25) is 0 Å². The minimum Gasteiger partial charge on any atom is -0.342 e. The predicted octanol–water partition coefficient (Wildman–Crippen LogP) is 1.74. The van der Waals surface area contributed by atoms with Crippen LogP contribution in [0.4, 0.5) is 0 Å². The summed E-state index contributed by atoms with van der Waals surface area (Å²) in [6.07, 6.45) is 6.55. The van der Waals surface area contributed by atoms with E-state index in [1.54, 1.807) is 18.7 Å². The lowest BCUT2D eigenvalue weighted by atomic mass is 10.4. The number of rotatable bonds is 0. The molecule has 0 aliphatic heterocycles. The molecule has 0 atom stereocenters. The third kappa shape index (κ3) is 2.60. The first-order chi connectivity index (χ1) is 7.86. The molecule has 0 spiro atoms. The van der Waals surface area contributed by atoms with Gasteiger partial charge in [0, 0.05) is 11.9 Å². The lowest BCUT2D eigenvalue weighted by molar-refractivity contribution is 1.20. The molecular formula is C11H11N5. The van der Waals surface area contributed by atoms with E-state index in [1.165, 1.54) is 6.33 Å². The van der Waals surface area contributed by atoms with Gasteiger partial charge in [-0.15, -0.1) is 0 Å². The van der Waals surface area contributed by atoms with Gasteiger partial charge in [-0.25, -0.2) is 15.0 Å². The van der Waals surface area contributed by atoms with E-state index in [9.17, 15) is 0 Å². The summed E-state index contributed by atoms with van der Waals surface area (Å²) in [5, 5.41) is 0. The Balaban J connectivity index is 0.000000125. The first-order valence-corrected chi connectivity index (χ1v) is 4.83. The summed E-state index contributed by atoms with van der Waals surface area (Å²) in [6.45, 7) is 1.97. The molecule has 0 bridgehead atoms.